The smallest absolute Gasteiger partial charge is 0.348 e. The highest BCUT2D eigenvalue weighted by atomic mass is 19.4. The van der Waals surface area contributed by atoms with E-state index in [1.165, 1.54) is 24.3 Å². The third-order valence-electron chi connectivity index (χ3n) is 3.05. The van der Waals surface area contributed by atoms with E-state index in [9.17, 15) is 26.7 Å². The van der Waals surface area contributed by atoms with E-state index in [1.54, 1.807) is 6.07 Å². The predicted octanol–water partition coefficient (Wildman–Crippen LogP) is 4.23. The Bertz CT molecular complexity index is 733. The van der Waals surface area contributed by atoms with E-state index < -0.39 is 29.3 Å². The van der Waals surface area contributed by atoms with Gasteiger partial charge in [0.1, 0.15) is 11.6 Å². The van der Waals surface area contributed by atoms with Gasteiger partial charge in [-0.3, -0.25) is 4.79 Å². The molecule has 0 saturated heterocycles. The molecule has 0 aliphatic rings. The van der Waals surface area contributed by atoms with E-state index >= 15 is 0 Å². The second-order valence-electron chi connectivity index (χ2n) is 4.92. The quantitative estimate of drug-likeness (QED) is 0.654. The fraction of sp³-hybridized carbons (Fsp3) is 0.118. The maximum absolute atomic E-state index is 13.1. The summed E-state index contributed by atoms with van der Waals surface area (Å²) in [5, 5.41) is 2.18. The van der Waals surface area contributed by atoms with Gasteiger partial charge < -0.3 is 5.32 Å². The van der Waals surface area contributed by atoms with Crippen LogP contribution in [0.25, 0.3) is 5.57 Å². The monoisotopic (exact) mass is 341 g/mol. The van der Waals surface area contributed by atoms with Crippen molar-refractivity contribution in [1.29, 1.82) is 0 Å². The van der Waals surface area contributed by atoms with Crippen molar-refractivity contribution in [2.24, 2.45) is 0 Å². The molecular formula is C17H12F5NO. The lowest BCUT2D eigenvalue weighted by molar-refractivity contribution is -0.117. The molecule has 0 aliphatic heterocycles. The molecule has 0 atom stereocenters. The number of nitrogens with one attached hydrogen (secondary N) is 1. The van der Waals surface area contributed by atoms with Gasteiger partial charge in [-0.1, -0.05) is 30.3 Å². The van der Waals surface area contributed by atoms with Crippen LogP contribution >= 0.6 is 0 Å². The van der Waals surface area contributed by atoms with Gasteiger partial charge in [-0.05, 0) is 23.3 Å². The summed E-state index contributed by atoms with van der Waals surface area (Å²) in [6.45, 7) is -0.302. The lowest BCUT2D eigenvalue weighted by atomic mass is 10.1. The van der Waals surface area contributed by atoms with Crippen molar-refractivity contribution in [2.75, 3.05) is 0 Å². The summed E-state index contributed by atoms with van der Waals surface area (Å²) >= 11 is 0. The highest BCUT2D eigenvalue weighted by Gasteiger charge is 2.35. The van der Waals surface area contributed by atoms with Crippen LogP contribution in [-0.2, 0) is 11.3 Å². The van der Waals surface area contributed by atoms with Crippen molar-refractivity contribution in [3.05, 3.63) is 77.4 Å². The van der Waals surface area contributed by atoms with E-state index in [-0.39, 0.29) is 17.7 Å². The standard InChI is InChI=1S/C17H12F5NO/c18-13-6-11(7-14(19)8-13)10-23-16(24)9-15(17(20,21)22)12-4-2-1-3-5-12/h1-9H,10H2,(H,23,24)/b15-9-. The van der Waals surface area contributed by atoms with Gasteiger partial charge in [-0.25, -0.2) is 8.78 Å². The highest BCUT2D eigenvalue weighted by Crippen LogP contribution is 2.33. The molecule has 0 spiro atoms. The first kappa shape index (κ1) is 17.7. The van der Waals surface area contributed by atoms with Gasteiger partial charge in [0.25, 0.3) is 0 Å². The van der Waals surface area contributed by atoms with Gasteiger partial charge in [-0.15, -0.1) is 0 Å². The van der Waals surface area contributed by atoms with Crippen LogP contribution in [0.2, 0.25) is 0 Å². The summed E-state index contributed by atoms with van der Waals surface area (Å²) in [5.74, 6) is -2.69. The SMILES string of the molecule is O=C(/C=C(/c1ccccc1)C(F)(F)F)NCc1cc(F)cc(F)c1. The maximum atomic E-state index is 13.1. The third kappa shape index (κ3) is 4.91. The number of carbonyl (C=O) groups is 1. The summed E-state index contributed by atoms with van der Waals surface area (Å²) in [5.41, 5.74) is -1.16. The highest BCUT2D eigenvalue weighted by molar-refractivity contribution is 5.96. The molecule has 2 aromatic rings. The van der Waals surface area contributed by atoms with Crippen molar-refractivity contribution in [1.82, 2.24) is 5.32 Å². The summed E-state index contributed by atoms with van der Waals surface area (Å²) in [4.78, 5) is 11.7. The molecule has 0 unspecified atom stereocenters. The molecule has 2 nitrogen and oxygen atoms in total. The Kier molecular flexibility index (Phi) is 5.33. The fourth-order valence-electron chi connectivity index (χ4n) is 2.03. The number of alkyl halides is 3. The number of allylic oxidation sites excluding steroid dienone is 1. The molecule has 0 fully saturated rings. The summed E-state index contributed by atoms with van der Waals surface area (Å²) in [6.07, 6.45) is -4.30. The molecule has 2 rings (SSSR count). The lowest BCUT2D eigenvalue weighted by Gasteiger charge is -2.12. The van der Waals surface area contributed by atoms with Crippen molar-refractivity contribution < 1.29 is 26.7 Å². The Morgan fingerprint density at radius 2 is 1.58 bits per heavy atom. The number of hydrogen-bond acceptors (Lipinski definition) is 1. The minimum absolute atomic E-state index is 0.0996. The van der Waals surface area contributed by atoms with Gasteiger partial charge >= 0.3 is 6.18 Å². The molecule has 24 heavy (non-hydrogen) atoms. The third-order valence-corrected chi connectivity index (χ3v) is 3.05. The molecule has 0 bridgehead atoms. The summed E-state index contributed by atoms with van der Waals surface area (Å²) in [6, 6.07) is 9.47. The van der Waals surface area contributed by atoms with E-state index in [0.29, 0.717) is 12.1 Å². The molecule has 0 heterocycles. The van der Waals surface area contributed by atoms with Crippen LogP contribution in [0.15, 0.2) is 54.6 Å². The Labute approximate surface area is 134 Å². The lowest BCUT2D eigenvalue weighted by Crippen LogP contribution is -2.23. The topological polar surface area (TPSA) is 29.1 Å². The first-order valence-corrected chi connectivity index (χ1v) is 6.83. The molecule has 0 aromatic heterocycles. The molecule has 126 valence electrons. The van der Waals surface area contributed by atoms with Crippen molar-refractivity contribution in [2.45, 2.75) is 12.7 Å². The van der Waals surface area contributed by atoms with Gasteiger partial charge in [-0.2, -0.15) is 13.2 Å². The van der Waals surface area contributed by atoms with Crippen molar-refractivity contribution in [3.63, 3.8) is 0 Å². The van der Waals surface area contributed by atoms with Crippen LogP contribution in [0.5, 0.6) is 0 Å². The molecule has 7 heteroatoms. The average molecular weight is 341 g/mol. The Hall–Kier alpha value is -2.70. The summed E-state index contributed by atoms with van der Waals surface area (Å²) < 4.78 is 65.3. The van der Waals surface area contributed by atoms with E-state index in [4.69, 9.17) is 0 Å². The van der Waals surface area contributed by atoms with Crippen LogP contribution in [0.1, 0.15) is 11.1 Å². The predicted molar refractivity (Wildman–Crippen MR) is 78.7 cm³/mol. The number of carbonyl (C=O) groups excluding carboxylic acids is 1. The molecule has 2 aromatic carbocycles. The van der Waals surface area contributed by atoms with Crippen molar-refractivity contribution in [3.8, 4) is 0 Å². The number of hydrogen-bond donors (Lipinski definition) is 1. The van der Waals surface area contributed by atoms with Gasteiger partial charge in [0, 0.05) is 18.7 Å². The molecule has 1 N–H and O–H groups in total. The zero-order valence-corrected chi connectivity index (χ0v) is 12.2. The zero-order valence-electron chi connectivity index (χ0n) is 12.2. The summed E-state index contributed by atoms with van der Waals surface area (Å²) in [7, 11) is 0. The Balaban J connectivity index is 2.16. The fourth-order valence-corrected chi connectivity index (χ4v) is 2.03. The van der Waals surface area contributed by atoms with E-state index in [0.717, 1.165) is 12.1 Å². The molecule has 0 radical (unpaired) electrons. The largest absolute Gasteiger partial charge is 0.417 e. The second kappa shape index (κ2) is 7.25. The number of amides is 1. The van der Waals surface area contributed by atoms with E-state index in [1.807, 2.05) is 0 Å². The minimum Gasteiger partial charge on any atom is -0.348 e. The maximum Gasteiger partial charge on any atom is 0.417 e. The van der Waals surface area contributed by atoms with Crippen LogP contribution in [-0.4, -0.2) is 12.1 Å². The van der Waals surface area contributed by atoms with Gasteiger partial charge in [0.05, 0.1) is 5.57 Å². The minimum atomic E-state index is -4.72. The van der Waals surface area contributed by atoms with Crippen LogP contribution in [0.3, 0.4) is 0 Å². The van der Waals surface area contributed by atoms with Crippen LogP contribution < -0.4 is 5.32 Å². The first-order chi connectivity index (χ1) is 11.3. The first-order valence-electron chi connectivity index (χ1n) is 6.83. The van der Waals surface area contributed by atoms with Crippen LogP contribution in [0.4, 0.5) is 22.0 Å². The van der Waals surface area contributed by atoms with Crippen molar-refractivity contribution >= 4 is 11.5 Å². The molecule has 0 aliphatic carbocycles. The number of benzene rings is 2. The molecule has 1 amide bonds. The number of rotatable bonds is 4. The molecular weight excluding hydrogens is 329 g/mol. The Morgan fingerprint density at radius 1 is 1.00 bits per heavy atom. The number of halogens is 5. The van der Waals surface area contributed by atoms with E-state index in [2.05, 4.69) is 5.32 Å². The Morgan fingerprint density at radius 3 is 2.12 bits per heavy atom. The second-order valence-corrected chi connectivity index (χ2v) is 4.92. The zero-order chi connectivity index (χ0) is 17.7. The normalized spacial score (nSPS) is 12.1. The van der Waals surface area contributed by atoms with Gasteiger partial charge in [0.15, 0.2) is 0 Å². The average Bonchev–Trinajstić information content (AvgIpc) is 2.49. The van der Waals surface area contributed by atoms with Crippen LogP contribution in [0, 0.1) is 11.6 Å². The molecule has 0 saturated carbocycles. The van der Waals surface area contributed by atoms with Gasteiger partial charge in [0.2, 0.25) is 5.91 Å².